The minimum absolute atomic E-state index is 0.0469. The van der Waals surface area contributed by atoms with E-state index in [1.54, 1.807) is 12.1 Å². The van der Waals surface area contributed by atoms with Crippen LogP contribution >= 0.6 is 11.8 Å². The van der Waals surface area contributed by atoms with Crippen molar-refractivity contribution in [2.45, 2.75) is 33.4 Å². The number of carbonyl (C=O) groups excluding carboxylic acids is 2. The molecule has 1 aromatic rings. The van der Waals surface area contributed by atoms with E-state index in [4.69, 9.17) is 15.6 Å². The maximum atomic E-state index is 11.8. The Morgan fingerprint density at radius 1 is 1.33 bits per heavy atom. The maximum absolute atomic E-state index is 11.8. The lowest BCUT2D eigenvalue weighted by atomic mass is 10.1. The van der Waals surface area contributed by atoms with E-state index in [-0.39, 0.29) is 24.1 Å². The number of rotatable bonds is 7. The maximum Gasteiger partial charge on any atom is 0.321 e. The Kier molecular flexibility index (Phi) is 6.87. The van der Waals surface area contributed by atoms with Gasteiger partial charge >= 0.3 is 5.97 Å². The molecule has 0 aliphatic rings. The molecule has 3 N–H and O–H groups in total. The molecule has 1 rings (SSSR count). The summed E-state index contributed by atoms with van der Waals surface area (Å²) in [5.41, 5.74) is 7.98. The highest BCUT2D eigenvalue weighted by molar-refractivity contribution is 8.00. The number of hydrogen-bond acceptors (Lipinski definition) is 6. The van der Waals surface area contributed by atoms with E-state index in [9.17, 15) is 9.59 Å². The van der Waals surface area contributed by atoms with Gasteiger partial charge in [0.05, 0.1) is 18.4 Å². The molecular weight excluding hydrogens is 290 g/mol. The molecule has 0 amide bonds. The lowest BCUT2D eigenvalue weighted by Gasteiger charge is -2.12. The molecular formula is C15H21NO4S. The molecule has 6 heteroatoms. The molecule has 0 saturated heterocycles. The standard InChI is InChI=1S/C15H21NO4S/c1-9-4-12(6-17)5-10(2)15(9)20-14(19)8-21-7-13(16)11(3)18/h4-5,13,17H,6-8,16H2,1-3H3. The Morgan fingerprint density at radius 3 is 2.38 bits per heavy atom. The van der Waals surface area contributed by atoms with Crippen LogP contribution in [0, 0.1) is 13.8 Å². The number of aliphatic hydroxyl groups excluding tert-OH is 1. The van der Waals surface area contributed by atoms with Gasteiger partial charge in [0.2, 0.25) is 0 Å². The minimum Gasteiger partial charge on any atom is -0.425 e. The molecule has 0 saturated carbocycles. The van der Waals surface area contributed by atoms with E-state index in [0.29, 0.717) is 11.5 Å². The molecule has 0 radical (unpaired) electrons. The first-order valence-electron chi connectivity index (χ1n) is 6.60. The summed E-state index contributed by atoms with van der Waals surface area (Å²) in [6.07, 6.45) is 0. The van der Waals surface area contributed by atoms with Crippen LogP contribution in [0.1, 0.15) is 23.6 Å². The van der Waals surface area contributed by atoms with Crippen LogP contribution < -0.4 is 10.5 Å². The second-order valence-corrected chi connectivity index (χ2v) is 5.95. The van der Waals surface area contributed by atoms with Crippen molar-refractivity contribution in [2.75, 3.05) is 11.5 Å². The molecule has 0 aliphatic heterocycles. The average Bonchev–Trinajstić information content (AvgIpc) is 2.42. The van der Waals surface area contributed by atoms with Crippen LogP contribution in [0.2, 0.25) is 0 Å². The first kappa shape index (κ1) is 17.7. The van der Waals surface area contributed by atoms with Crippen molar-refractivity contribution in [2.24, 2.45) is 5.73 Å². The Bertz CT molecular complexity index is 507. The Hall–Kier alpha value is -1.37. The normalized spacial score (nSPS) is 12.0. The monoisotopic (exact) mass is 311 g/mol. The van der Waals surface area contributed by atoms with Gasteiger partial charge in [-0.1, -0.05) is 12.1 Å². The number of aryl methyl sites for hydroxylation is 2. The highest BCUT2D eigenvalue weighted by atomic mass is 32.2. The first-order chi connectivity index (χ1) is 9.85. The summed E-state index contributed by atoms with van der Waals surface area (Å²) in [5, 5.41) is 9.12. The fourth-order valence-electron chi connectivity index (χ4n) is 1.82. The zero-order chi connectivity index (χ0) is 16.0. The van der Waals surface area contributed by atoms with Crippen molar-refractivity contribution in [3.05, 3.63) is 28.8 Å². The van der Waals surface area contributed by atoms with Crippen molar-refractivity contribution < 1.29 is 19.4 Å². The Labute approximate surface area is 128 Å². The molecule has 0 aliphatic carbocycles. The van der Waals surface area contributed by atoms with Gasteiger partial charge in [-0.2, -0.15) is 0 Å². The van der Waals surface area contributed by atoms with E-state index < -0.39 is 6.04 Å². The summed E-state index contributed by atoms with van der Waals surface area (Å²) in [6, 6.07) is 3.03. The van der Waals surface area contributed by atoms with Crippen molar-refractivity contribution in [3.63, 3.8) is 0 Å². The molecule has 21 heavy (non-hydrogen) atoms. The van der Waals surface area contributed by atoms with Crippen molar-refractivity contribution >= 4 is 23.5 Å². The zero-order valence-corrected chi connectivity index (χ0v) is 13.3. The molecule has 116 valence electrons. The number of hydrogen-bond donors (Lipinski definition) is 2. The molecule has 5 nitrogen and oxygen atoms in total. The molecule has 0 bridgehead atoms. The highest BCUT2D eigenvalue weighted by Gasteiger charge is 2.13. The number of thioether (sulfide) groups is 1. The van der Waals surface area contributed by atoms with Gasteiger partial charge in [-0.3, -0.25) is 9.59 Å². The highest BCUT2D eigenvalue weighted by Crippen LogP contribution is 2.25. The van der Waals surface area contributed by atoms with Crippen molar-refractivity contribution in [1.29, 1.82) is 0 Å². The molecule has 1 aromatic carbocycles. The fraction of sp³-hybridized carbons (Fsp3) is 0.467. The summed E-state index contributed by atoms with van der Waals surface area (Å²) in [4.78, 5) is 22.8. The summed E-state index contributed by atoms with van der Waals surface area (Å²) in [6.45, 7) is 5.04. The quantitative estimate of drug-likeness (QED) is 0.583. The van der Waals surface area contributed by atoms with Crippen LogP contribution in [-0.4, -0.2) is 34.4 Å². The number of benzene rings is 1. The predicted octanol–water partition coefficient (Wildman–Crippen LogP) is 1.35. The van der Waals surface area contributed by atoms with Crippen LogP contribution in [0.5, 0.6) is 5.75 Å². The van der Waals surface area contributed by atoms with Gasteiger partial charge < -0.3 is 15.6 Å². The van der Waals surface area contributed by atoms with E-state index in [1.807, 2.05) is 13.8 Å². The number of aliphatic hydroxyl groups is 1. The average molecular weight is 311 g/mol. The lowest BCUT2D eigenvalue weighted by molar-refractivity contribution is -0.131. The third kappa shape index (κ3) is 5.49. The zero-order valence-electron chi connectivity index (χ0n) is 12.5. The molecule has 1 unspecified atom stereocenters. The van der Waals surface area contributed by atoms with Gasteiger partial charge in [0.1, 0.15) is 11.5 Å². The van der Waals surface area contributed by atoms with Crippen LogP contribution in [0.25, 0.3) is 0 Å². The fourth-order valence-corrected chi connectivity index (χ4v) is 2.65. The van der Waals surface area contributed by atoms with Crippen LogP contribution in [0.3, 0.4) is 0 Å². The van der Waals surface area contributed by atoms with Crippen LogP contribution in [0.15, 0.2) is 12.1 Å². The molecule has 0 fully saturated rings. The van der Waals surface area contributed by atoms with Crippen LogP contribution in [0.4, 0.5) is 0 Å². The number of carbonyl (C=O) groups is 2. The van der Waals surface area contributed by atoms with E-state index in [0.717, 1.165) is 16.7 Å². The molecule has 0 spiro atoms. The Morgan fingerprint density at radius 2 is 1.90 bits per heavy atom. The number of ketones is 1. The van der Waals surface area contributed by atoms with E-state index in [2.05, 4.69) is 0 Å². The second kappa shape index (κ2) is 8.17. The molecule has 0 aromatic heterocycles. The van der Waals surface area contributed by atoms with Gasteiger partial charge in [0.25, 0.3) is 0 Å². The summed E-state index contributed by atoms with van der Waals surface area (Å²) >= 11 is 1.28. The van der Waals surface area contributed by atoms with Gasteiger partial charge in [-0.05, 0) is 37.5 Å². The Balaban J connectivity index is 2.57. The van der Waals surface area contributed by atoms with Gasteiger partial charge in [-0.15, -0.1) is 11.8 Å². The largest absolute Gasteiger partial charge is 0.425 e. The van der Waals surface area contributed by atoms with Gasteiger partial charge in [-0.25, -0.2) is 0 Å². The minimum atomic E-state index is -0.546. The summed E-state index contributed by atoms with van der Waals surface area (Å²) in [5.74, 6) is 0.586. The predicted molar refractivity (Wildman–Crippen MR) is 83.5 cm³/mol. The van der Waals surface area contributed by atoms with Gasteiger partial charge in [0, 0.05) is 5.75 Å². The molecule has 0 heterocycles. The third-order valence-electron chi connectivity index (χ3n) is 2.96. The SMILES string of the molecule is CC(=O)C(N)CSCC(=O)Oc1c(C)cc(CO)cc1C. The van der Waals surface area contributed by atoms with Crippen molar-refractivity contribution in [1.82, 2.24) is 0 Å². The number of ether oxygens (including phenoxy) is 1. The number of esters is 1. The topological polar surface area (TPSA) is 89.6 Å². The first-order valence-corrected chi connectivity index (χ1v) is 7.76. The third-order valence-corrected chi connectivity index (χ3v) is 3.99. The van der Waals surface area contributed by atoms with E-state index >= 15 is 0 Å². The van der Waals surface area contributed by atoms with E-state index in [1.165, 1.54) is 18.7 Å². The smallest absolute Gasteiger partial charge is 0.321 e. The summed E-state index contributed by atoms with van der Waals surface area (Å²) in [7, 11) is 0. The van der Waals surface area contributed by atoms with Crippen molar-refractivity contribution in [3.8, 4) is 5.75 Å². The molecule has 1 atom stereocenters. The number of Topliss-reactive ketones (excluding diaryl/α,β-unsaturated/α-hetero) is 1. The number of nitrogens with two attached hydrogens (primary N) is 1. The summed E-state index contributed by atoms with van der Waals surface area (Å²) < 4.78 is 5.35. The van der Waals surface area contributed by atoms with Gasteiger partial charge in [0.15, 0.2) is 0 Å². The lowest BCUT2D eigenvalue weighted by Crippen LogP contribution is -2.31. The van der Waals surface area contributed by atoms with Crippen LogP contribution in [-0.2, 0) is 16.2 Å². The second-order valence-electron chi connectivity index (χ2n) is 4.92.